The zero-order valence-electron chi connectivity index (χ0n) is 22.1. The second kappa shape index (κ2) is 9.71. The number of amides is 2. The van der Waals surface area contributed by atoms with Crippen LogP contribution in [0.1, 0.15) is 59.7 Å². The molecule has 0 aromatic carbocycles. The molecule has 1 fully saturated rings. The molecule has 0 aliphatic carbocycles. The number of carbonyl (C=O) groups excluding carboxylic acids is 2. The van der Waals surface area contributed by atoms with Crippen LogP contribution in [0.2, 0.25) is 19.6 Å². The van der Waals surface area contributed by atoms with Crippen molar-refractivity contribution in [3.05, 3.63) is 17.1 Å². The lowest BCUT2D eigenvalue weighted by molar-refractivity contribution is 0.0287. The second-order valence-electron chi connectivity index (χ2n) is 11.5. The molecule has 0 unspecified atom stereocenters. The summed E-state index contributed by atoms with van der Waals surface area (Å²) in [5.41, 5.74) is 2.49. The number of hydrogen-bond donors (Lipinski definition) is 0. The third-order valence-electron chi connectivity index (χ3n) is 4.67. The van der Waals surface area contributed by atoms with Crippen molar-refractivity contribution >= 4 is 31.8 Å². The SMILES string of the molecule is [C-]#[N+]c1c(C#C[Si](C)(C)C)nn([C@H]2CCN(C(=O)OC(C)(C)C)C2)c1N(C)C(=O)OC(C)(C)C. The Hall–Kier alpha value is -2.98. The van der Waals surface area contributed by atoms with E-state index in [0.717, 1.165) is 0 Å². The number of aromatic nitrogens is 2. The fourth-order valence-corrected chi connectivity index (χ4v) is 3.76. The lowest BCUT2D eigenvalue weighted by Gasteiger charge is -2.27. The minimum Gasteiger partial charge on any atom is -0.444 e. The van der Waals surface area contributed by atoms with Crippen molar-refractivity contribution < 1.29 is 19.1 Å². The highest BCUT2D eigenvalue weighted by Gasteiger charge is 2.36. The molecule has 1 aromatic rings. The number of ether oxygens (including phenoxy) is 2. The molecular weight excluding hydrogens is 450 g/mol. The van der Waals surface area contributed by atoms with Gasteiger partial charge in [-0.05, 0) is 48.0 Å². The molecule has 0 spiro atoms. The molecule has 1 aromatic heterocycles. The number of anilines is 1. The average Bonchev–Trinajstić information content (AvgIpc) is 3.26. The summed E-state index contributed by atoms with van der Waals surface area (Å²) in [4.78, 5) is 32.1. The van der Waals surface area contributed by atoms with Gasteiger partial charge in [-0.15, -0.1) is 5.54 Å². The van der Waals surface area contributed by atoms with Gasteiger partial charge in [-0.25, -0.2) is 14.4 Å². The summed E-state index contributed by atoms with van der Waals surface area (Å²) in [6, 6.07) is -0.240. The first-order chi connectivity index (χ1) is 15.4. The summed E-state index contributed by atoms with van der Waals surface area (Å²) >= 11 is 0. The molecule has 1 saturated heterocycles. The predicted molar refractivity (Wildman–Crippen MR) is 135 cm³/mol. The summed E-state index contributed by atoms with van der Waals surface area (Å²) in [7, 11) is -0.171. The standard InChI is InChI=1S/C24H37N5O4Si/c1-23(2,3)32-21(30)27(8)20-19(25-7)18(13-15-34(9,10)11)26-29(20)17-12-14-28(16-17)22(31)33-24(4,5)6/h17H,12,14,16H2,1-6,8-11H3/t17-/m0/s1. The Morgan fingerprint density at radius 2 is 1.74 bits per heavy atom. The van der Waals surface area contributed by atoms with E-state index in [-0.39, 0.29) is 11.7 Å². The maximum Gasteiger partial charge on any atom is 0.414 e. The first-order valence-electron chi connectivity index (χ1n) is 11.4. The van der Waals surface area contributed by atoms with E-state index in [1.807, 2.05) is 20.8 Å². The molecule has 2 rings (SSSR count). The molecular formula is C24H37N5O4Si. The van der Waals surface area contributed by atoms with Gasteiger partial charge in [-0.2, -0.15) is 5.10 Å². The van der Waals surface area contributed by atoms with E-state index in [0.29, 0.717) is 31.0 Å². The van der Waals surface area contributed by atoms with E-state index < -0.39 is 31.5 Å². The maximum absolute atomic E-state index is 12.9. The van der Waals surface area contributed by atoms with Crippen LogP contribution in [0.15, 0.2) is 0 Å². The number of rotatable bonds is 2. The third kappa shape index (κ3) is 7.26. The fraction of sp³-hybridized carbons (Fsp3) is 0.667. The van der Waals surface area contributed by atoms with Crippen molar-refractivity contribution in [2.75, 3.05) is 25.0 Å². The molecule has 1 atom stereocenters. The van der Waals surface area contributed by atoms with E-state index in [9.17, 15) is 9.59 Å². The second-order valence-corrected chi connectivity index (χ2v) is 16.2. The molecule has 2 heterocycles. The Morgan fingerprint density at radius 3 is 2.24 bits per heavy atom. The van der Waals surface area contributed by atoms with Crippen LogP contribution in [0.3, 0.4) is 0 Å². The lowest BCUT2D eigenvalue weighted by atomic mass is 10.2. The van der Waals surface area contributed by atoms with Crippen LogP contribution < -0.4 is 4.90 Å². The van der Waals surface area contributed by atoms with Gasteiger partial charge in [-0.1, -0.05) is 25.6 Å². The Balaban J connectivity index is 2.50. The van der Waals surface area contributed by atoms with Crippen molar-refractivity contribution in [2.24, 2.45) is 0 Å². The first-order valence-corrected chi connectivity index (χ1v) is 14.9. The van der Waals surface area contributed by atoms with Crippen LogP contribution >= 0.6 is 0 Å². The van der Waals surface area contributed by atoms with Crippen molar-refractivity contribution in [1.29, 1.82) is 0 Å². The molecule has 0 bridgehead atoms. The quantitative estimate of drug-likeness (QED) is 0.325. The van der Waals surface area contributed by atoms with Crippen LogP contribution in [0.5, 0.6) is 0 Å². The van der Waals surface area contributed by atoms with Crippen LogP contribution in [0.4, 0.5) is 21.1 Å². The van der Waals surface area contributed by atoms with Crippen molar-refractivity contribution in [1.82, 2.24) is 14.7 Å². The zero-order valence-corrected chi connectivity index (χ0v) is 23.1. The highest BCUT2D eigenvalue weighted by Crippen LogP contribution is 2.37. The molecule has 0 saturated carbocycles. The Labute approximate surface area is 204 Å². The zero-order chi connectivity index (χ0) is 26.1. The highest BCUT2D eigenvalue weighted by atomic mass is 28.3. The molecule has 1 aliphatic heterocycles. The molecule has 186 valence electrons. The summed E-state index contributed by atoms with van der Waals surface area (Å²) < 4.78 is 12.7. The molecule has 2 amide bonds. The van der Waals surface area contributed by atoms with Gasteiger partial charge in [0, 0.05) is 20.1 Å². The smallest absolute Gasteiger partial charge is 0.414 e. The lowest BCUT2D eigenvalue weighted by Crippen LogP contribution is -2.37. The van der Waals surface area contributed by atoms with E-state index >= 15 is 0 Å². The van der Waals surface area contributed by atoms with Gasteiger partial charge >= 0.3 is 12.2 Å². The molecule has 34 heavy (non-hydrogen) atoms. The van der Waals surface area contributed by atoms with Gasteiger partial charge in [-0.3, -0.25) is 9.58 Å². The minimum atomic E-state index is -1.73. The van der Waals surface area contributed by atoms with Crippen molar-refractivity contribution in [3.8, 4) is 11.5 Å². The first kappa shape index (κ1) is 27.3. The summed E-state index contributed by atoms with van der Waals surface area (Å²) in [6.45, 7) is 25.8. The number of nitrogens with zero attached hydrogens (tertiary/aromatic N) is 5. The summed E-state index contributed by atoms with van der Waals surface area (Å²) in [5, 5.41) is 4.66. The van der Waals surface area contributed by atoms with Gasteiger partial charge in [0.15, 0.2) is 0 Å². The average molecular weight is 488 g/mol. The fourth-order valence-electron chi connectivity index (χ4n) is 3.27. The summed E-state index contributed by atoms with van der Waals surface area (Å²) in [6.07, 6.45) is -0.382. The topological polar surface area (TPSA) is 81.3 Å². The van der Waals surface area contributed by atoms with Crippen LogP contribution in [-0.2, 0) is 9.47 Å². The van der Waals surface area contributed by atoms with Crippen LogP contribution in [-0.4, -0.2) is 66.3 Å². The monoisotopic (exact) mass is 487 g/mol. The van der Waals surface area contributed by atoms with Crippen molar-refractivity contribution in [2.45, 2.75) is 84.8 Å². The third-order valence-corrected chi connectivity index (χ3v) is 5.55. The number of likely N-dealkylation sites (tertiary alicyclic amines) is 1. The van der Waals surface area contributed by atoms with Crippen LogP contribution in [0, 0.1) is 18.0 Å². The van der Waals surface area contributed by atoms with E-state index in [4.69, 9.17) is 16.0 Å². The largest absolute Gasteiger partial charge is 0.444 e. The highest BCUT2D eigenvalue weighted by molar-refractivity contribution is 6.83. The van der Waals surface area contributed by atoms with Gasteiger partial charge in [0.25, 0.3) is 5.69 Å². The van der Waals surface area contributed by atoms with E-state index in [2.05, 4.69) is 41.0 Å². The van der Waals surface area contributed by atoms with E-state index in [1.54, 1.807) is 37.4 Å². The summed E-state index contributed by atoms with van der Waals surface area (Å²) in [5.74, 6) is 3.40. The maximum atomic E-state index is 12.9. The van der Waals surface area contributed by atoms with Crippen LogP contribution in [0.25, 0.3) is 4.85 Å². The van der Waals surface area contributed by atoms with Gasteiger partial charge in [0.05, 0.1) is 12.6 Å². The normalized spacial score (nSPS) is 16.4. The molecule has 9 nitrogen and oxygen atoms in total. The Kier molecular flexibility index (Phi) is 7.79. The van der Waals surface area contributed by atoms with Crippen molar-refractivity contribution in [3.63, 3.8) is 0 Å². The Morgan fingerprint density at radius 1 is 1.15 bits per heavy atom. The number of hydrogen-bond acceptors (Lipinski definition) is 5. The number of carbonyl (C=O) groups is 2. The molecule has 0 N–H and O–H groups in total. The minimum absolute atomic E-state index is 0.204. The molecule has 1 aliphatic rings. The predicted octanol–water partition coefficient (Wildman–Crippen LogP) is 5.22. The van der Waals surface area contributed by atoms with Gasteiger partial charge < -0.3 is 14.4 Å². The Bertz CT molecular complexity index is 1040. The molecule has 0 radical (unpaired) electrons. The van der Waals surface area contributed by atoms with E-state index in [1.165, 1.54) is 4.90 Å². The van der Waals surface area contributed by atoms with Gasteiger partial charge in [0.2, 0.25) is 0 Å². The van der Waals surface area contributed by atoms with Gasteiger partial charge in [0.1, 0.15) is 30.8 Å². The molecule has 10 heteroatoms.